The van der Waals surface area contributed by atoms with Crippen molar-refractivity contribution in [2.24, 2.45) is 5.73 Å². The number of hydrogen-bond donors (Lipinski definition) is 1. The lowest BCUT2D eigenvalue weighted by Crippen LogP contribution is -2.11. The van der Waals surface area contributed by atoms with Crippen LogP contribution in [0.25, 0.3) is 0 Å². The second-order valence-corrected chi connectivity index (χ2v) is 0.993. The van der Waals surface area contributed by atoms with E-state index in [1.165, 1.54) is 0 Å². The van der Waals surface area contributed by atoms with Gasteiger partial charge in [-0.25, -0.2) is 0 Å². The van der Waals surface area contributed by atoms with Gasteiger partial charge in [0.25, 0.3) is 0 Å². The highest BCUT2D eigenvalue weighted by atomic mass is 16.1. The van der Waals surface area contributed by atoms with E-state index in [4.69, 9.17) is 5.73 Å². The van der Waals surface area contributed by atoms with Gasteiger partial charge in [0.15, 0.2) is 0 Å². The van der Waals surface area contributed by atoms with Gasteiger partial charge in [-0.15, -0.1) is 0 Å². The van der Waals surface area contributed by atoms with Gasteiger partial charge in [-0.2, -0.15) is 0 Å². The monoisotopic (exact) mass is 86.1 g/mol. The summed E-state index contributed by atoms with van der Waals surface area (Å²) in [5.74, 6) is 0.00926. The maximum atomic E-state index is 9.99. The minimum Gasteiger partial charge on any atom is -0.324 e. The van der Waals surface area contributed by atoms with Gasteiger partial charge in [0, 0.05) is 6.42 Å². The van der Waals surface area contributed by atoms with Crippen molar-refractivity contribution in [3.05, 3.63) is 6.92 Å². The smallest absolute Gasteiger partial charge is 0.146 e. The second-order valence-electron chi connectivity index (χ2n) is 0.993. The molecule has 0 aliphatic carbocycles. The quantitative estimate of drug-likeness (QED) is 0.503. The van der Waals surface area contributed by atoms with Crippen LogP contribution in [0.4, 0.5) is 0 Å². The van der Waals surface area contributed by atoms with E-state index in [0.29, 0.717) is 6.42 Å². The fraction of sp³-hybridized carbons (Fsp3) is 0.500. The van der Waals surface area contributed by atoms with Crippen LogP contribution in [0.3, 0.4) is 0 Å². The summed E-state index contributed by atoms with van der Waals surface area (Å²) >= 11 is 0. The Labute approximate surface area is 37.3 Å². The van der Waals surface area contributed by atoms with Gasteiger partial charge in [0.1, 0.15) is 5.78 Å². The first kappa shape index (κ1) is 5.63. The maximum Gasteiger partial charge on any atom is 0.146 e. The molecule has 0 bridgehead atoms. The van der Waals surface area contributed by atoms with E-state index in [9.17, 15) is 4.79 Å². The fourth-order valence-corrected chi connectivity index (χ4v) is 0.102. The van der Waals surface area contributed by atoms with Crippen LogP contribution in [-0.4, -0.2) is 12.3 Å². The zero-order chi connectivity index (χ0) is 4.99. The number of carbonyl (C=O) groups excluding carboxylic acids is 1. The standard InChI is InChI=1S/C4H8NO/c1-2-4(6)3-5/h1-3,5H2. The van der Waals surface area contributed by atoms with E-state index >= 15 is 0 Å². The fourth-order valence-electron chi connectivity index (χ4n) is 0.102. The molecule has 0 unspecified atom stereocenters. The van der Waals surface area contributed by atoms with E-state index in [1.54, 1.807) is 0 Å². The molecule has 0 atom stereocenters. The van der Waals surface area contributed by atoms with E-state index in [0.717, 1.165) is 0 Å². The summed E-state index contributed by atoms with van der Waals surface area (Å²) in [4.78, 5) is 9.99. The van der Waals surface area contributed by atoms with Gasteiger partial charge in [-0.05, 0) is 6.92 Å². The second kappa shape index (κ2) is 2.85. The van der Waals surface area contributed by atoms with Gasteiger partial charge >= 0.3 is 0 Å². The first-order valence-electron chi connectivity index (χ1n) is 1.82. The molecule has 0 aliphatic heterocycles. The number of ketones is 1. The summed E-state index contributed by atoms with van der Waals surface area (Å²) in [6, 6.07) is 0. The molecule has 0 amide bonds. The van der Waals surface area contributed by atoms with Gasteiger partial charge in [0.05, 0.1) is 6.54 Å². The first-order chi connectivity index (χ1) is 2.81. The Morgan fingerprint density at radius 3 is 2.33 bits per heavy atom. The number of Topliss-reactive ketones (excluding diaryl/α,β-unsaturated/α-hetero) is 1. The lowest BCUT2D eigenvalue weighted by atomic mass is 10.3. The van der Waals surface area contributed by atoms with Gasteiger partial charge in [-0.3, -0.25) is 4.79 Å². The third-order valence-electron chi connectivity index (χ3n) is 0.507. The Kier molecular flexibility index (Phi) is 2.67. The zero-order valence-corrected chi connectivity index (χ0v) is 3.61. The van der Waals surface area contributed by atoms with Crippen LogP contribution < -0.4 is 5.73 Å². The Bertz CT molecular complexity index is 45.5. The molecule has 0 spiro atoms. The summed E-state index contributed by atoms with van der Waals surface area (Å²) in [7, 11) is 0. The Hall–Kier alpha value is -0.370. The Morgan fingerprint density at radius 2 is 2.33 bits per heavy atom. The average Bonchev–Trinajstić information content (AvgIpc) is 1.65. The molecule has 0 saturated heterocycles. The summed E-state index contributed by atoms with van der Waals surface area (Å²) in [6.45, 7) is 3.46. The molecule has 0 heterocycles. The zero-order valence-electron chi connectivity index (χ0n) is 3.61. The summed E-state index contributed by atoms with van der Waals surface area (Å²) < 4.78 is 0. The molecule has 35 valence electrons. The molecule has 0 aromatic rings. The van der Waals surface area contributed by atoms with Crippen molar-refractivity contribution < 1.29 is 4.79 Å². The van der Waals surface area contributed by atoms with Crippen LogP contribution in [0.1, 0.15) is 6.42 Å². The van der Waals surface area contributed by atoms with Crippen molar-refractivity contribution in [2.75, 3.05) is 6.54 Å². The summed E-state index contributed by atoms with van der Waals surface area (Å²) in [5, 5.41) is 0. The largest absolute Gasteiger partial charge is 0.324 e. The number of carbonyl (C=O) groups is 1. The van der Waals surface area contributed by atoms with Crippen molar-refractivity contribution >= 4 is 5.78 Å². The molecule has 0 aromatic heterocycles. The molecule has 1 radical (unpaired) electrons. The van der Waals surface area contributed by atoms with Crippen molar-refractivity contribution in [1.82, 2.24) is 0 Å². The van der Waals surface area contributed by atoms with Crippen LogP contribution >= 0.6 is 0 Å². The van der Waals surface area contributed by atoms with Crippen LogP contribution in [0.5, 0.6) is 0 Å². The minimum atomic E-state index is 0.00926. The average molecular weight is 86.1 g/mol. The van der Waals surface area contributed by atoms with E-state index in [2.05, 4.69) is 6.92 Å². The maximum absolute atomic E-state index is 9.99. The van der Waals surface area contributed by atoms with Gasteiger partial charge in [0.2, 0.25) is 0 Å². The summed E-state index contributed by atoms with van der Waals surface area (Å²) in [5.41, 5.74) is 4.89. The molecular formula is C4H8NO. The Morgan fingerprint density at radius 1 is 1.83 bits per heavy atom. The number of rotatable bonds is 2. The highest BCUT2D eigenvalue weighted by molar-refractivity contribution is 5.80. The molecule has 2 nitrogen and oxygen atoms in total. The summed E-state index contributed by atoms with van der Waals surface area (Å²) in [6.07, 6.45) is 0.316. The van der Waals surface area contributed by atoms with Crippen molar-refractivity contribution in [2.45, 2.75) is 6.42 Å². The molecule has 2 heteroatoms. The first-order valence-corrected chi connectivity index (χ1v) is 1.82. The SMILES string of the molecule is [CH2]CC(=O)CN. The van der Waals surface area contributed by atoms with Gasteiger partial charge < -0.3 is 5.73 Å². The van der Waals surface area contributed by atoms with Crippen LogP contribution in [-0.2, 0) is 4.79 Å². The van der Waals surface area contributed by atoms with Crippen LogP contribution in [0, 0.1) is 6.92 Å². The molecule has 0 fully saturated rings. The molecule has 6 heavy (non-hydrogen) atoms. The molecule has 2 N–H and O–H groups in total. The van der Waals surface area contributed by atoms with Crippen molar-refractivity contribution in [1.29, 1.82) is 0 Å². The third-order valence-corrected chi connectivity index (χ3v) is 0.507. The lowest BCUT2D eigenvalue weighted by Gasteiger charge is -1.81. The van der Waals surface area contributed by atoms with Gasteiger partial charge in [-0.1, -0.05) is 0 Å². The molecule has 0 saturated carbocycles. The Balaban J connectivity index is 2.99. The molecular weight excluding hydrogens is 78.1 g/mol. The minimum absolute atomic E-state index is 0.00926. The van der Waals surface area contributed by atoms with Crippen molar-refractivity contribution in [3.63, 3.8) is 0 Å². The van der Waals surface area contributed by atoms with E-state index < -0.39 is 0 Å². The predicted molar refractivity (Wildman–Crippen MR) is 24.0 cm³/mol. The highest BCUT2D eigenvalue weighted by Crippen LogP contribution is 1.70. The van der Waals surface area contributed by atoms with Crippen LogP contribution in [0.2, 0.25) is 0 Å². The van der Waals surface area contributed by atoms with E-state index in [-0.39, 0.29) is 12.3 Å². The normalized spacial score (nSPS) is 8.33. The lowest BCUT2D eigenvalue weighted by molar-refractivity contribution is -0.117. The van der Waals surface area contributed by atoms with Crippen molar-refractivity contribution in [3.8, 4) is 0 Å². The number of hydrogen-bond acceptors (Lipinski definition) is 2. The highest BCUT2D eigenvalue weighted by Gasteiger charge is 1.87. The molecule has 0 aromatic carbocycles. The predicted octanol–water partition coefficient (Wildman–Crippen LogP) is -0.262. The molecule has 0 rings (SSSR count). The topological polar surface area (TPSA) is 43.1 Å². The number of nitrogens with two attached hydrogens (primary N) is 1. The third kappa shape index (κ3) is 1.91. The van der Waals surface area contributed by atoms with Crippen LogP contribution in [0.15, 0.2) is 0 Å². The van der Waals surface area contributed by atoms with E-state index in [1.807, 2.05) is 0 Å². The molecule has 0 aliphatic rings.